The Labute approximate surface area is 147 Å². The topological polar surface area (TPSA) is 62.9 Å². The second kappa shape index (κ2) is 8.30. The molecule has 118 valence electrons. The predicted molar refractivity (Wildman–Crippen MR) is 97.5 cm³/mol. The Kier molecular flexibility index (Phi) is 6.72. The zero-order chi connectivity index (χ0) is 13.8. The van der Waals surface area contributed by atoms with E-state index in [4.69, 9.17) is 10.5 Å². The van der Waals surface area contributed by atoms with Crippen LogP contribution in [0.3, 0.4) is 0 Å². The molecule has 1 aromatic rings. The molecule has 1 atom stereocenters. The number of ether oxygens (including phenoxy) is 1. The molecule has 2 aliphatic rings. The monoisotopic (exact) mass is 422 g/mol. The zero-order valence-electron chi connectivity index (χ0n) is 12.0. The van der Waals surface area contributed by atoms with E-state index in [1.165, 1.54) is 17.7 Å². The average molecular weight is 422 g/mol. The molecule has 7 heteroatoms. The molecule has 0 aromatic carbocycles. The third-order valence-electron chi connectivity index (χ3n) is 3.72. The van der Waals surface area contributed by atoms with Crippen molar-refractivity contribution in [3.05, 3.63) is 22.4 Å². The fourth-order valence-corrected chi connectivity index (χ4v) is 3.27. The van der Waals surface area contributed by atoms with E-state index in [1.807, 2.05) is 0 Å². The highest BCUT2D eigenvalue weighted by Crippen LogP contribution is 2.26. The molecule has 21 heavy (non-hydrogen) atoms. The van der Waals surface area contributed by atoms with E-state index in [2.05, 4.69) is 32.7 Å². The van der Waals surface area contributed by atoms with Gasteiger partial charge in [-0.15, -0.1) is 35.3 Å². The summed E-state index contributed by atoms with van der Waals surface area (Å²) in [6.07, 6.45) is 2.43. The van der Waals surface area contributed by atoms with Crippen LogP contribution in [0.2, 0.25) is 0 Å². The maximum Gasteiger partial charge on any atom is 0.188 e. The van der Waals surface area contributed by atoms with Crippen molar-refractivity contribution in [1.29, 1.82) is 0 Å². The SMILES string of the molecule is I.NC(=NCC(c1cccs1)N1CCOCC1)NC1CC1. The maximum absolute atomic E-state index is 5.94. The van der Waals surface area contributed by atoms with Crippen LogP contribution in [0.15, 0.2) is 22.5 Å². The standard InChI is InChI=1S/C14H22N4OS.HI/c15-14(17-11-3-4-11)16-10-12(13-2-1-9-20-13)18-5-7-19-8-6-18;/h1-2,9,11-12H,3-8,10H2,(H3,15,16,17);1H. The fraction of sp³-hybridized carbons (Fsp3) is 0.643. The van der Waals surface area contributed by atoms with Gasteiger partial charge in [0.15, 0.2) is 5.96 Å². The molecule has 1 saturated heterocycles. The van der Waals surface area contributed by atoms with Gasteiger partial charge in [-0.25, -0.2) is 0 Å². The van der Waals surface area contributed by atoms with E-state index in [0.717, 1.165) is 26.3 Å². The Morgan fingerprint density at radius 1 is 1.48 bits per heavy atom. The first kappa shape index (κ1) is 17.0. The van der Waals surface area contributed by atoms with Crippen LogP contribution in [0.1, 0.15) is 23.8 Å². The average Bonchev–Trinajstić information content (AvgIpc) is 3.12. The number of nitrogens with one attached hydrogen (secondary N) is 1. The fourth-order valence-electron chi connectivity index (χ4n) is 2.42. The molecule has 1 unspecified atom stereocenters. The molecular weight excluding hydrogens is 399 g/mol. The molecule has 2 fully saturated rings. The third-order valence-corrected chi connectivity index (χ3v) is 4.70. The molecule has 0 spiro atoms. The summed E-state index contributed by atoms with van der Waals surface area (Å²) < 4.78 is 5.44. The smallest absolute Gasteiger partial charge is 0.188 e. The highest BCUT2D eigenvalue weighted by Gasteiger charge is 2.24. The second-order valence-electron chi connectivity index (χ2n) is 5.32. The largest absolute Gasteiger partial charge is 0.379 e. The number of morpholine rings is 1. The molecule has 0 amide bonds. The van der Waals surface area contributed by atoms with Crippen LogP contribution >= 0.6 is 35.3 Å². The van der Waals surface area contributed by atoms with Crippen LogP contribution in [0.25, 0.3) is 0 Å². The lowest BCUT2D eigenvalue weighted by atomic mass is 10.2. The number of nitrogens with zero attached hydrogens (tertiary/aromatic N) is 2. The van der Waals surface area contributed by atoms with Crippen LogP contribution < -0.4 is 11.1 Å². The Morgan fingerprint density at radius 3 is 2.86 bits per heavy atom. The quantitative estimate of drug-likeness (QED) is 0.432. The molecule has 3 N–H and O–H groups in total. The lowest BCUT2D eigenvalue weighted by Gasteiger charge is -2.33. The lowest BCUT2D eigenvalue weighted by molar-refractivity contribution is 0.0187. The number of halogens is 1. The Morgan fingerprint density at radius 2 is 2.24 bits per heavy atom. The predicted octanol–water partition coefficient (Wildman–Crippen LogP) is 1.81. The summed E-state index contributed by atoms with van der Waals surface area (Å²) in [5.41, 5.74) is 5.94. The number of hydrogen-bond acceptors (Lipinski definition) is 4. The summed E-state index contributed by atoms with van der Waals surface area (Å²) in [6.45, 7) is 4.26. The molecule has 1 saturated carbocycles. The van der Waals surface area contributed by atoms with Gasteiger partial charge in [0.1, 0.15) is 0 Å². The van der Waals surface area contributed by atoms with Gasteiger partial charge in [-0.05, 0) is 24.3 Å². The van der Waals surface area contributed by atoms with Crippen LogP contribution in [-0.4, -0.2) is 49.7 Å². The lowest BCUT2D eigenvalue weighted by Crippen LogP contribution is -2.41. The number of rotatable bonds is 5. The first-order chi connectivity index (χ1) is 9.83. The van der Waals surface area contributed by atoms with Crippen molar-refractivity contribution < 1.29 is 4.74 Å². The Bertz CT molecular complexity index is 444. The molecule has 2 heterocycles. The van der Waals surface area contributed by atoms with Crippen molar-refractivity contribution in [2.24, 2.45) is 10.7 Å². The molecule has 1 aliphatic heterocycles. The molecule has 3 rings (SSSR count). The van der Waals surface area contributed by atoms with E-state index in [9.17, 15) is 0 Å². The van der Waals surface area contributed by atoms with Crippen LogP contribution in [0, 0.1) is 0 Å². The van der Waals surface area contributed by atoms with Crippen LogP contribution in [0.5, 0.6) is 0 Å². The van der Waals surface area contributed by atoms with Gasteiger partial charge in [-0.2, -0.15) is 0 Å². The van der Waals surface area contributed by atoms with Gasteiger partial charge < -0.3 is 15.8 Å². The third kappa shape index (κ3) is 5.08. The van der Waals surface area contributed by atoms with Crippen LogP contribution in [-0.2, 0) is 4.74 Å². The van der Waals surface area contributed by atoms with Crippen molar-refractivity contribution in [3.63, 3.8) is 0 Å². The van der Waals surface area contributed by atoms with Gasteiger partial charge in [0, 0.05) is 24.0 Å². The van der Waals surface area contributed by atoms with Crippen molar-refractivity contribution in [1.82, 2.24) is 10.2 Å². The highest BCUT2D eigenvalue weighted by atomic mass is 127. The van der Waals surface area contributed by atoms with E-state index in [1.54, 1.807) is 11.3 Å². The van der Waals surface area contributed by atoms with Gasteiger partial charge in [0.25, 0.3) is 0 Å². The minimum atomic E-state index is 0. The second-order valence-corrected chi connectivity index (χ2v) is 6.30. The molecule has 0 bridgehead atoms. The molecule has 1 aliphatic carbocycles. The first-order valence-electron chi connectivity index (χ1n) is 7.24. The van der Waals surface area contributed by atoms with Gasteiger partial charge in [-0.1, -0.05) is 6.07 Å². The Balaban J connectivity index is 0.00000161. The number of nitrogens with two attached hydrogens (primary N) is 1. The minimum absolute atomic E-state index is 0. The molecule has 5 nitrogen and oxygen atoms in total. The maximum atomic E-state index is 5.94. The Hall–Kier alpha value is -0.380. The van der Waals surface area contributed by atoms with Crippen molar-refractivity contribution in [2.45, 2.75) is 24.9 Å². The van der Waals surface area contributed by atoms with E-state index < -0.39 is 0 Å². The summed E-state index contributed by atoms with van der Waals surface area (Å²) in [6, 6.07) is 5.16. The van der Waals surface area contributed by atoms with Crippen molar-refractivity contribution >= 4 is 41.3 Å². The summed E-state index contributed by atoms with van der Waals surface area (Å²) >= 11 is 1.79. The summed E-state index contributed by atoms with van der Waals surface area (Å²) in [5.74, 6) is 0.585. The van der Waals surface area contributed by atoms with E-state index in [0.29, 0.717) is 24.6 Å². The highest BCUT2D eigenvalue weighted by molar-refractivity contribution is 14.0. The molecular formula is C14H23IN4OS. The molecule has 1 aromatic heterocycles. The zero-order valence-corrected chi connectivity index (χ0v) is 15.2. The first-order valence-corrected chi connectivity index (χ1v) is 8.12. The van der Waals surface area contributed by atoms with Gasteiger partial charge >= 0.3 is 0 Å². The minimum Gasteiger partial charge on any atom is -0.379 e. The summed E-state index contributed by atoms with van der Waals surface area (Å²) in [5, 5.41) is 5.37. The summed E-state index contributed by atoms with van der Waals surface area (Å²) in [7, 11) is 0. The van der Waals surface area contributed by atoms with Crippen molar-refractivity contribution in [2.75, 3.05) is 32.8 Å². The summed E-state index contributed by atoms with van der Waals surface area (Å²) in [4.78, 5) is 8.35. The van der Waals surface area contributed by atoms with Gasteiger partial charge in [0.2, 0.25) is 0 Å². The van der Waals surface area contributed by atoms with Gasteiger partial charge in [0.05, 0.1) is 25.8 Å². The molecule has 0 radical (unpaired) electrons. The normalized spacial score (nSPS) is 21.6. The number of guanidine groups is 1. The van der Waals surface area contributed by atoms with Crippen LogP contribution in [0.4, 0.5) is 0 Å². The van der Waals surface area contributed by atoms with Gasteiger partial charge in [-0.3, -0.25) is 9.89 Å². The van der Waals surface area contributed by atoms with E-state index >= 15 is 0 Å². The van der Waals surface area contributed by atoms with E-state index in [-0.39, 0.29) is 24.0 Å². The van der Waals surface area contributed by atoms with Crippen molar-refractivity contribution in [3.8, 4) is 0 Å². The number of aliphatic imine (C=N–C) groups is 1. The number of thiophene rings is 1. The number of hydrogen-bond donors (Lipinski definition) is 2.